The zero-order valence-corrected chi connectivity index (χ0v) is 16.9. The molecule has 0 saturated carbocycles. The lowest BCUT2D eigenvalue weighted by atomic mass is 10.1. The average molecular weight is 381 g/mol. The zero-order valence-electron chi connectivity index (χ0n) is 16.9. The molecule has 0 unspecified atom stereocenters. The molecule has 0 saturated heterocycles. The molecule has 1 aliphatic heterocycles. The number of fused-ring (bicyclic) bond motifs is 1. The molecule has 28 heavy (non-hydrogen) atoms. The highest BCUT2D eigenvalue weighted by molar-refractivity contribution is 5.97. The van der Waals surface area contributed by atoms with Crippen molar-refractivity contribution in [2.24, 2.45) is 0 Å². The van der Waals surface area contributed by atoms with Crippen molar-refractivity contribution in [3.8, 4) is 5.75 Å². The molecule has 3 rings (SSSR count). The number of amides is 1. The van der Waals surface area contributed by atoms with Gasteiger partial charge in [-0.1, -0.05) is 6.07 Å². The van der Waals surface area contributed by atoms with E-state index in [0.29, 0.717) is 5.75 Å². The molecule has 0 bridgehead atoms. The summed E-state index contributed by atoms with van der Waals surface area (Å²) in [5.74, 6) is -0.0286. The molecule has 1 N–H and O–H groups in total. The van der Waals surface area contributed by atoms with E-state index in [9.17, 15) is 9.59 Å². The first-order chi connectivity index (χ1) is 13.4. The number of ether oxygens (including phenoxy) is 1. The smallest absolute Gasteiger partial charge is 0.331 e. The lowest BCUT2D eigenvalue weighted by Crippen LogP contribution is -2.41. The predicted octanol–water partition coefficient (Wildman–Crippen LogP) is 3.51. The fourth-order valence-corrected chi connectivity index (χ4v) is 3.43. The van der Waals surface area contributed by atoms with Gasteiger partial charge in [-0.2, -0.15) is 0 Å². The van der Waals surface area contributed by atoms with E-state index < -0.39 is 0 Å². The Labute approximate surface area is 166 Å². The minimum Gasteiger partial charge on any atom is -0.423 e. The van der Waals surface area contributed by atoms with Crippen molar-refractivity contribution < 1.29 is 14.3 Å². The molecule has 6 heteroatoms. The second-order valence-corrected chi connectivity index (χ2v) is 7.02. The van der Waals surface area contributed by atoms with Gasteiger partial charge in [0.05, 0.1) is 12.2 Å². The third-order valence-corrected chi connectivity index (χ3v) is 4.95. The Kier molecular flexibility index (Phi) is 5.87. The van der Waals surface area contributed by atoms with Gasteiger partial charge in [-0.05, 0) is 69.2 Å². The Bertz CT molecular complexity index is 891. The van der Waals surface area contributed by atoms with E-state index in [2.05, 4.69) is 30.1 Å². The van der Waals surface area contributed by atoms with Crippen LogP contribution in [0, 0.1) is 13.8 Å². The van der Waals surface area contributed by atoms with Crippen LogP contribution in [0.2, 0.25) is 0 Å². The maximum atomic E-state index is 12.7. The number of aryl methyl sites for hydroxylation is 2. The van der Waals surface area contributed by atoms with Crippen LogP contribution in [-0.4, -0.2) is 38.1 Å². The van der Waals surface area contributed by atoms with Crippen molar-refractivity contribution in [1.29, 1.82) is 0 Å². The van der Waals surface area contributed by atoms with Gasteiger partial charge < -0.3 is 19.9 Å². The average Bonchev–Trinajstić information content (AvgIpc) is 2.65. The molecule has 1 aliphatic rings. The number of benzene rings is 2. The predicted molar refractivity (Wildman–Crippen MR) is 112 cm³/mol. The largest absolute Gasteiger partial charge is 0.423 e. The van der Waals surface area contributed by atoms with Crippen molar-refractivity contribution in [2.75, 3.05) is 41.3 Å². The molecule has 0 aromatic heterocycles. The van der Waals surface area contributed by atoms with Gasteiger partial charge in [0, 0.05) is 24.5 Å². The van der Waals surface area contributed by atoms with Gasteiger partial charge >= 0.3 is 5.97 Å². The van der Waals surface area contributed by atoms with Crippen LogP contribution in [0.15, 0.2) is 36.4 Å². The molecule has 2 aromatic carbocycles. The first-order valence-electron chi connectivity index (χ1n) is 9.63. The Morgan fingerprint density at radius 3 is 2.57 bits per heavy atom. The van der Waals surface area contributed by atoms with Crippen LogP contribution < -0.4 is 19.9 Å². The van der Waals surface area contributed by atoms with Crippen LogP contribution in [0.5, 0.6) is 5.75 Å². The van der Waals surface area contributed by atoms with Crippen molar-refractivity contribution in [3.05, 3.63) is 47.5 Å². The Morgan fingerprint density at radius 2 is 1.89 bits per heavy atom. The second kappa shape index (κ2) is 8.33. The minimum atomic E-state index is -0.357. The van der Waals surface area contributed by atoms with Gasteiger partial charge in [-0.3, -0.25) is 4.79 Å². The standard InChI is InChI=1S/C22H27N3O3/c1-5-24(6-2)17-8-9-18(16(4)12-17)23-21(26)13-25-14-22(27)28-20-10-7-15(3)11-19(20)25/h7-12H,5-6,13-14H2,1-4H3,(H,23,26). The number of rotatable bonds is 6. The first kappa shape index (κ1) is 19.7. The summed E-state index contributed by atoms with van der Waals surface area (Å²) < 4.78 is 5.28. The van der Waals surface area contributed by atoms with Crippen LogP contribution in [0.4, 0.5) is 17.1 Å². The van der Waals surface area contributed by atoms with Crippen molar-refractivity contribution in [2.45, 2.75) is 27.7 Å². The summed E-state index contributed by atoms with van der Waals surface area (Å²) in [6.07, 6.45) is 0. The number of nitrogens with zero attached hydrogens (tertiary/aromatic N) is 2. The highest BCUT2D eigenvalue weighted by Gasteiger charge is 2.25. The van der Waals surface area contributed by atoms with Gasteiger partial charge in [0.1, 0.15) is 6.54 Å². The van der Waals surface area contributed by atoms with E-state index in [4.69, 9.17) is 4.74 Å². The van der Waals surface area contributed by atoms with Gasteiger partial charge in [-0.25, -0.2) is 4.79 Å². The topological polar surface area (TPSA) is 61.9 Å². The fraction of sp³-hybridized carbons (Fsp3) is 0.364. The molecule has 2 aromatic rings. The van der Waals surface area contributed by atoms with Gasteiger partial charge in [0.25, 0.3) is 0 Å². The summed E-state index contributed by atoms with van der Waals surface area (Å²) in [5.41, 5.74) is 4.74. The van der Waals surface area contributed by atoms with Crippen molar-refractivity contribution in [1.82, 2.24) is 0 Å². The maximum Gasteiger partial charge on any atom is 0.331 e. The lowest BCUT2D eigenvalue weighted by Gasteiger charge is -2.29. The SMILES string of the molecule is CCN(CC)c1ccc(NC(=O)CN2CC(=O)Oc3ccc(C)cc32)c(C)c1. The van der Waals surface area contributed by atoms with Crippen LogP contribution >= 0.6 is 0 Å². The summed E-state index contributed by atoms with van der Waals surface area (Å²) in [6, 6.07) is 11.6. The molecular weight excluding hydrogens is 354 g/mol. The molecule has 0 radical (unpaired) electrons. The number of hydrogen-bond donors (Lipinski definition) is 1. The van der Waals surface area contributed by atoms with E-state index in [0.717, 1.165) is 41.3 Å². The summed E-state index contributed by atoms with van der Waals surface area (Å²) in [5, 5.41) is 2.97. The summed E-state index contributed by atoms with van der Waals surface area (Å²) in [4.78, 5) is 28.5. The number of anilines is 3. The van der Waals surface area contributed by atoms with Gasteiger partial charge in [0.15, 0.2) is 5.75 Å². The van der Waals surface area contributed by atoms with Gasteiger partial charge in [-0.15, -0.1) is 0 Å². The number of hydrogen-bond acceptors (Lipinski definition) is 5. The van der Waals surface area contributed by atoms with Crippen LogP contribution in [0.25, 0.3) is 0 Å². The summed E-state index contributed by atoms with van der Waals surface area (Å²) in [6.45, 7) is 10.2. The Hall–Kier alpha value is -3.02. The molecule has 148 valence electrons. The van der Waals surface area contributed by atoms with Crippen LogP contribution in [0.1, 0.15) is 25.0 Å². The van der Waals surface area contributed by atoms with E-state index in [-0.39, 0.29) is 25.0 Å². The Morgan fingerprint density at radius 1 is 1.14 bits per heavy atom. The van der Waals surface area contributed by atoms with E-state index in [1.54, 1.807) is 11.0 Å². The molecule has 0 aliphatic carbocycles. The number of nitrogens with one attached hydrogen (secondary N) is 1. The fourth-order valence-electron chi connectivity index (χ4n) is 3.43. The zero-order chi connectivity index (χ0) is 20.3. The maximum absolute atomic E-state index is 12.7. The highest BCUT2D eigenvalue weighted by Crippen LogP contribution is 2.32. The van der Waals surface area contributed by atoms with Crippen LogP contribution in [0.3, 0.4) is 0 Å². The first-order valence-corrected chi connectivity index (χ1v) is 9.63. The normalized spacial score (nSPS) is 13.0. The molecule has 0 fully saturated rings. The molecular formula is C22H27N3O3. The highest BCUT2D eigenvalue weighted by atomic mass is 16.5. The van der Waals surface area contributed by atoms with Crippen molar-refractivity contribution >= 4 is 28.9 Å². The molecule has 6 nitrogen and oxygen atoms in total. The van der Waals surface area contributed by atoms with E-state index >= 15 is 0 Å². The summed E-state index contributed by atoms with van der Waals surface area (Å²) >= 11 is 0. The second-order valence-electron chi connectivity index (χ2n) is 7.02. The Balaban J connectivity index is 1.73. The van der Waals surface area contributed by atoms with Gasteiger partial charge in [0.2, 0.25) is 5.91 Å². The summed E-state index contributed by atoms with van der Waals surface area (Å²) in [7, 11) is 0. The third-order valence-electron chi connectivity index (χ3n) is 4.95. The van der Waals surface area contributed by atoms with Crippen LogP contribution in [-0.2, 0) is 9.59 Å². The molecule has 0 atom stereocenters. The quantitative estimate of drug-likeness (QED) is 0.613. The monoisotopic (exact) mass is 381 g/mol. The number of carbonyl (C=O) groups excluding carboxylic acids is 2. The number of esters is 1. The molecule has 1 amide bonds. The van der Waals surface area contributed by atoms with E-state index in [1.807, 2.05) is 38.1 Å². The van der Waals surface area contributed by atoms with E-state index in [1.165, 1.54) is 0 Å². The molecule has 1 heterocycles. The lowest BCUT2D eigenvalue weighted by molar-refractivity contribution is -0.133. The molecule has 0 spiro atoms. The third kappa shape index (κ3) is 4.27. The minimum absolute atomic E-state index is 0.0593. The van der Waals surface area contributed by atoms with Crippen molar-refractivity contribution in [3.63, 3.8) is 0 Å². The number of carbonyl (C=O) groups is 2.